The molecule has 1 unspecified atom stereocenters. The third kappa shape index (κ3) is 4.34. The maximum atomic E-state index is 13.3. The number of hydrogen-bond donors (Lipinski definition) is 3. The molecule has 2 bridgehead atoms. The number of carbonyl (C=O) groups is 2. The van der Waals surface area contributed by atoms with Crippen LogP contribution in [0, 0.1) is 0 Å². The average Bonchev–Trinajstić information content (AvgIpc) is 3.50. The van der Waals surface area contributed by atoms with Crippen LogP contribution >= 0.6 is 0 Å². The fourth-order valence-corrected chi connectivity index (χ4v) is 4.11. The third-order valence-electron chi connectivity index (χ3n) is 5.93. The van der Waals surface area contributed by atoms with Gasteiger partial charge >= 0.3 is 12.2 Å². The van der Waals surface area contributed by atoms with Crippen molar-refractivity contribution in [3.63, 3.8) is 0 Å². The van der Waals surface area contributed by atoms with Gasteiger partial charge in [-0.2, -0.15) is 18.3 Å². The van der Waals surface area contributed by atoms with Crippen LogP contribution in [0.25, 0.3) is 11.4 Å². The van der Waals surface area contributed by atoms with E-state index < -0.39 is 24.2 Å². The second-order valence-corrected chi connectivity index (χ2v) is 8.23. The number of carbonyl (C=O) groups excluding carboxylic acids is 2. The molecule has 3 amide bonds. The molecule has 0 spiro atoms. The van der Waals surface area contributed by atoms with E-state index in [0.717, 1.165) is 6.92 Å². The Kier molecular flexibility index (Phi) is 5.49. The van der Waals surface area contributed by atoms with Crippen LogP contribution in [0.1, 0.15) is 23.8 Å². The quantitative estimate of drug-likeness (QED) is 0.515. The van der Waals surface area contributed by atoms with Gasteiger partial charge in [0.05, 0.1) is 11.7 Å². The van der Waals surface area contributed by atoms with Crippen LogP contribution in [0.3, 0.4) is 0 Å². The molecule has 2 aliphatic heterocycles. The van der Waals surface area contributed by atoms with Gasteiger partial charge in [0.1, 0.15) is 23.9 Å². The molecule has 2 atom stereocenters. The van der Waals surface area contributed by atoms with E-state index in [2.05, 4.69) is 30.5 Å². The fourth-order valence-electron chi connectivity index (χ4n) is 4.11. The van der Waals surface area contributed by atoms with Crippen molar-refractivity contribution in [1.29, 1.82) is 0 Å². The lowest BCUT2D eigenvalue weighted by atomic mass is 10.1. The number of urea groups is 1. The topological polar surface area (TPSA) is 132 Å². The monoisotopic (exact) mass is 487 g/mol. The molecule has 3 N–H and O–H groups in total. The van der Waals surface area contributed by atoms with E-state index in [4.69, 9.17) is 0 Å². The van der Waals surface area contributed by atoms with Gasteiger partial charge in [-0.1, -0.05) is 0 Å². The molecule has 1 fully saturated rings. The zero-order valence-electron chi connectivity index (χ0n) is 18.4. The van der Waals surface area contributed by atoms with Crippen LogP contribution in [-0.4, -0.2) is 68.4 Å². The Morgan fingerprint density at radius 2 is 2.06 bits per heavy atom. The lowest BCUT2D eigenvalue weighted by molar-refractivity contribution is -0.149. The molecule has 0 saturated carbocycles. The molecule has 35 heavy (non-hydrogen) atoms. The van der Waals surface area contributed by atoms with Gasteiger partial charge in [0.2, 0.25) is 0 Å². The highest BCUT2D eigenvalue weighted by Gasteiger charge is 2.41. The van der Waals surface area contributed by atoms with Crippen LogP contribution in [0.4, 0.5) is 35.3 Å². The molecular formula is C21H20F3N9O2. The van der Waals surface area contributed by atoms with Gasteiger partial charge in [0.25, 0.3) is 5.91 Å². The van der Waals surface area contributed by atoms with Crippen molar-refractivity contribution in [2.75, 3.05) is 28.2 Å². The largest absolute Gasteiger partial charge is 0.408 e. The number of alkyl halides is 3. The van der Waals surface area contributed by atoms with Gasteiger partial charge in [-0.15, -0.1) is 0 Å². The van der Waals surface area contributed by atoms with Crippen molar-refractivity contribution in [3.05, 3.63) is 42.5 Å². The van der Waals surface area contributed by atoms with Gasteiger partial charge in [-0.3, -0.25) is 20.1 Å². The van der Waals surface area contributed by atoms with Crippen molar-refractivity contribution in [1.82, 2.24) is 30.5 Å². The Bertz CT molecular complexity index is 1270. The minimum absolute atomic E-state index is 0.204. The van der Waals surface area contributed by atoms with Crippen molar-refractivity contribution >= 4 is 29.3 Å². The number of nitrogens with zero attached hydrogens (tertiary/aromatic N) is 6. The molecule has 0 radical (unpaired) electrons. The Hall–Kier alpha value is -4.23. The summed E-state index contributed by atoms with van der Waals surface area (Å²) in [5.41, 5.74) is 1.07. The number of rotatable bonds is 4. The van der Waals surface area contributed by atoms with Crippen LogP contribution < -0.4 is 20.4 Å². The van der Waals surface area contributed by atoms with Gasteiger partial charge < -0.3 is 10.2 Å². The van der Waals surface area contributed by atoms with Gasteiger partial charge in [0, 0.05) is 24.8 Å². The van der Waals surface area contributed by atoms with Gasteiger partial charge in [-0.25, -0.2) is 19.7 Å². The molecule has 182 valence electrons. The molecule has 14 heteroatoms. The fraction of sp³-hybridized carbons (Fsp3) is 0.333. The Morgan fingerprint density at radius 3 is 2.80 bits per heavy atom. The highest BCUT2D eigenvalue weighted by Crippen LogP contribution is 2.39. The van der Waals surface area contributed by atoms with E-state index in [9.17, 15) is 22.8 Å². The number of fused-ring (bicyclic) bond motifs is 4. The van der Waals surface area contributed by atoms with E-state index in [1.54, 1.807) is 18.2 Å². The minimum atomic E-state index is -4.59. The molecule has 1 saturated heterocycles. The molecule has 2 aliphatic rings. The molecule has 5 heterocycles. The summed E-state index contributed by atoms with van der Waals surface area (Å²) in [6.45, 7) is 2.10. The summed E-state index contributed by atoms with van der Waals surface area (Å²) in [6, 6.07) is 3.49. The summed E-state index contributed by atoms with van der Waals surface area (Å²) in [5.74, 6) is -0.0101. The summed E-state index contributed by atoms with van der Waals surface area (Å²) in [5, 5.41) is 11.2. The van der Waals surface area contributed by atoms with Gasteiger partial charge in [-0.05, 0) is 37.6 Å². The number of pyridine rings is 2. The lowest BCUT2D eigenvalue weighted by Gasteiger charge is -2.35. The SMILES string of the molecule is C[C@@H](NC(=O)c1ccc2c(n1)N(C(=O)Nc1cc(-c3ncn[nH]3)ccn1)C1CCN2C1)C(F)(F)F. The number of hydrogen-bond acceptors (Lipinski definition) is 7. The second-order valence-electron chi connectivity index (χ2n) is 8.23. The zero-order chi connectivity index (χ0) is 24.7. The van der Waals surface area contributed by atoms with Crippen LogP contribution in [0.5, 0.6) is 0 Å². The van der Waals surface area contributed by atoms with Crippen molar-refractivity contribution in [3.8, 4) is 11.4 Å². The lowest BCUT2D eigenvalue weighted by Crippen LogP contribution is -2.49. The maximum Gasteiger partial charge on any atom is 0.408 e. The molecular weight excluding hydrogens is 467 g/mol. The van der Waals surface area contributed by atoms with E-state index in [0.29, 0.717) is 36.6 Å². The number of aromatic amines is 1. The summed E-state index contributed by atoms with van der Waals surface area (Å²) >= 11 is 0. The molecule has 5 rings (SSSR count). The normalized spacial score (nSPS) is 17.7. The van der Waals surface area contributed by atoms with E-state index in [1.807, 2.05) is 10.2 Å². The predicted octanol–water partition coefficient (Wildman–Crippen LogP) is 2.57. The minimum Gasteiger partial charge on any atom is -0.366 e. The number of halogens is 3. The molecule has 3 aromatic rings. The number of amides is 3. The summed E-state index contributed by atoms with van der Waals surface area (Å²) in [7, 11) is 0. The van der Waals surface area contributed by atoms with Crippen molar-refractivity contribution < 1.29 is 22.8 Å². The Balaban J connectivity index is 1.42. The van der Waals surface area contributed by atoms with E-state index in [1.165, 1.54) is 23.5 Å². The van der Waals surface area contributed by atoms with Crippen LogP contribution in [0.2, 0.25) is 0 Å². The van der Waals surface area contributed by atoms with Crippen LogP contribution in [0.15, 0.2) is 36.8 Å². The summed E-state index contributed by atoms with van der Waals surface area (Å²) < 4.78 is 38.7. The highest BCUT2D eigenvalue weighted by atomic mass is 19.4. The highest BCUT2D eigenvalue weighted by molar-refractivity contribution is 6.05. The first-order valence-corrected chi connectivity index (χ1v) is 10.8. The number of aromatic nitrogens is 5. The van der Waals surface area contributed by atoms with Crippen molar-refractivity contribution in [2.24, 2.45) is 0 Å². The van der Waals surface area contributed by atoms with E-state index >= 15 is 0 Å². The predicted molar refractivity (Wildman–Crippen MR) is 119 cm³/mol. The first kappa shape index (κ1) is 22.6. The summed E-state index contributed by atoms with van der Waals surface area (Å²) in [6.07, 6.45) is -1.05. The molecule has 11 nitrogen and oxygen atoms in total. The second kappa shape index (κ2) is 8.52. The zero-order valence-corrected chi connectivity index (χ0v) is 18.4. The van der Waals surface area contributed by atoms with Gasteiger partial charge in [0.15, 0.2) is 11.6 Å². The molecule has 0 aromatic carbocycles. The first-order chi connectivity index (χ1) is 16.7. The first-order valence-electron chi connectivity index (χ1n) is 10.8. The van der Waals surface area contributed by atoms with E-state index in [-0.39, 0.29) is 23.4 Å². The standard InChI is InChI=1S/C21H20F3N9O2/c1-11(21(22,23)24)28-19(34)14-2-3-15-18(29-14)33(13-5-7-32(15)9-13)20(35)30-16-8-12(4-6-25-16)17-26-10-27-31-17/h2-4,6,8,10-11,13H,5,7,9H2,1H3,(H,28,34)(H,25,30,35)(H,26,27,31)/t11-,13?/m1/s1. The van der Waals surface area contributed by atoms with Crippen molar-refractivity contribution in [2.45, 2.75) is 31.6 Å². The Morgan fingerprint density at radius 1 is 1.23 bits per heavy atom. The number of nitrogens with one attached hydrogen (secondary N) is 3. The molecule has 0 aliphatic carbocycles. The number of anilines is 3. The van der Waals surface area contributed by atoms with Crippen LogP contribution in [-0.2, 0) is 0 Å². The molecule has 3 aromatic heterocycles. The summed E-state index contributed by atoms with van der Waals surface area (Å²) in [4.78, 5) is 41.8. The maximum absolute atomic E-state index is 13.3. The third-order valence-corrected chi connectivity index (χ3v) is 5.93. The smallest absolute Gasteiger partial charge is 0.366 e. The number of H-pyrrole nitrogens is 1. The average molecular weight is 487 g/mol. The Labute approximate surface area is 196 Å².